The van der Waals surface area contributed by atoms with Crippen LogP contribution in [-0.4, -0.2) is 19.3 Å². The zero-order valence-corrected chi connectivity index (χ0v) is 14.1. The van der Waals surface area contributed by atoms with Crippen LogP contribution in [0.15, 0.2) is 47.4 Å². The summed E-state index contributed by atoms with van der Waals surface area (Å²) < 4.78 is 22.8. The van der Waals surface area contributed by atoms with Crippen LogP contribution in [0.3, 0.4) is 0 Å². The summed E-state index contributed by atoms with van der Waals surface area (Å²) in [6.07, 6.45) is 0. The van der Waals surface area contributed by atoms with E-state index in [4.69, 9.17) is 5.14 Å². The molecular weight excluding hydrogens is 326 g/mol. The fourth-order valence-corrected chi connectivity index (χ4v) is 3.17. The number of carbonyl (C=O) groups is 1. The number of hydrogen-bond donors (Lipinski definition) is 3. The van der Waals surface area contributed by atoms with Gasteiger partial charge in [0.25, 0.3) is 5.91 Å². The SMILES string of the molecule is Cc1ccc2[nH]c(C(=O)Nc3cccc(S(N)(=O)=O)c3)c(C)c2c1. The average molecular weight is 343 g/mol. The van der Waals surface area contributed by atoms with E-state index in [0.29, 0.717) is 11.4 Å². The third kappa shape index (κ3) is 3.04. The van der Waals surface area contributed by atoms with Crippen molar-refractivity contribution >= 4 is 32.5 Å². The van der Waals surface area contributed by atoms with Gasteiger partial charge in [-0.3, -0.25) is 4.79 Å². The largest absolute Gasteiger partial charge is 0.350 e. The molecule has 3 rings (SSSR count). The highest BCUT2D eigenvalue weighted by molar-refractivity contribution is 7.89. The van der Waals surface area contributed by atoms with E-state index in [1.807, 2.05) is 32.0 Å². The van der Waals surface area contributed by atoms with Crippen LogP contribution in [0.25, 0.3) is 10.9 Å². The minimum Gasteiger partial charge on any atom is -0.350 e. The molecule has 24 heavy (non-hydrogen) atoms. The lowest BCUT2D eigenvalue weighted by Gasteiger charge is -2.06. The van der Waals surface area contributed by atoms with Crippen molar-refractivity contribution in [2.45, 2.75) is 18.7 Å². The highest BCUT2D eigenvalue weighted by atomic mass is 32.2. The van der Waals surface area contributed by atoms with Crippen molar-refractivity contribution in [1.82, 2.24) is 4.98 Å². The molecule has 0 atom stereocenters. The number of amides is 1. The molecule has 0 spiro atoms. The molecule has 6 nitrogen and oxygen atoms in total. The maximum Gasteiger partial charge on any atom is 0.272 e. The summed E-state index contributed by atoms with van der Waals surface area (Å²) in [6, 6.07) is 11.7. The molecule has 0 bridgehead atoms. The number of nitrogens with two attached hydrogens (primary N) is 1. The van der Waals surface area contributed by atoms with E-state index in [1.165, 1.54) is 18.2 Å². The Hall–Kier alpha value is -2.64. The number of aryl methyl sites for hydroxylation is 2. The van der Waals surface area contributed by atoms with Gasteiger partial charge in [-0.15, -0.1) is 0 Å². The molecule has 0 aliphatic heterocycles. The lowest BCUT2D eigenvalue weighted by molar-refractivity contribution is 0.102. The number of H-pyrrole nitrogens is 1. The maximum absolute atomic E-state index is 12.5. The predicted octanol–water partition coefficient (Wildman–Crippen LogP) is 2.68. The molecule has 7 heteroatoms. The van der Waals surface area contributed by atoms with Crippen molar-refractivity contribution in [3.05, 3.63) is 59.3 Å². The van der Waals surface area contributed by atoms with Crippen molar-refractivity contribution in [1.29, 1.82) is 0 Å². The molecule has 1 amide bonds. The second-order valence-electron chi connectivity index (χ2n) is 5.70. The third-order valence-electron chi connectivity index (χ3n) is 3.86. The molecule has 0 saturated carbocycles. The minimum absolute atomic E-state index is 0.0516. The Labute approximate surface area is 139 Å². The van der Waals surface area contributed by atoms with Crippen LogP contribution in [-0.2, 0) is 10.0 Å². The summed E-state index contributed by atoms with van der Waals surface area (Å²) >= 11 is 0. The van der Waals surface area contributed by atoms with Gasteiger partial charge < -0.3 is 10.3 Å². The number of rotatable bonds is 3. The van der Waals surface area contributed by atoms with Gasteiger partial charge in [0.1, 0.15) is 5.69 Å². The van der Waals surface area contributed by atoms with Crippen molar-refractivity contribution in [2.75, 3.05) is 5.32 Å². The van der Waals surface area contributed by atoms with E-state index in [2.05, 4.69) is 10.3 Å². The quantitative estimate of drug-likeness (QED) is 0.681. The molecule has 2 aromatic carbocycles. The Morgan fingerprint density at radius 2 is 1.88 bits per heavy atom. The smallest absolute Gasteiger partial charge is 0.272 e. The molecule has 1 aromatic heterocycles. The fourth-order valence-electron chi connectivity index (χ4n) is 2.61. The molecule has 0 fully saturated rings. The number of hydrogen-bond acceptors (Lipinski definition) is 3. The Kier molecular flexibility index (Phi) is 3.90. The molecule has 4 N–H and O–H groups in total. The molecular formula is C17H17N3O3S. The van der Waals surface area contributed by atoms with E-state index in [9.17, 15) is 13.2 Å². The van der Waals surface area contributed by atoms with Crippen LogP contribution in [0, 0.1) is 13.8 Å². The lowest BCUT2D eigenvalue weighted by atomic mass is 10.1. The highest BCUT2D eigenvalue weighted by Gasteiger charge is 2.16. The first-order valence-electron chi connectivity index (χ1n) is 7.29. The minimum atomic E-state index is -3.82. The fraction of sp³-hybridized carbons (Fsp3) is 0.118. The average Bonchev–Trinajstić information content (AvgIpc) is 2.84. The number of carbonyl (C=O) groups excluding carboxylic acids is 1. The molecule has 0 aliphatic carbocycles. The van der Waals surface area contributed by atoms with Gasteiger partial charge in [0.15, 0.2) is 0 Å². The molecule has 0 saturated heterocycles. The standard InChI is InChI=1S/C17H17N3O3S/c1-10-6-7-15-14(8-10)11(2)16(20-15)17(21)19-12-4-3-5-13(9-12)24(18,22)23/h3-9,20H,1-2H3,(H,19,21)(H2,18,22,23). The zero-order valence-electron chi connectivity index (χ0n) is 13.3. The van der Waals surface area contributed by atoms with E-state index in [0.717, 1.165) is 22.0 Å². The second-order valence-corrected chi connectivity index (χ2v) is 7.26. The van der Waals surface area contributed by atoms with Crippen molar-refractivity contribution < 1.29 is 13.2 Å². The van der Waals surface area contributed by atoms with Crippen LogP contribution in [0.4, 0.5) is 5.69 Å². The van der Waals surface area contributed by atoms with Gasteiger partial charge in [-0.1, -0.05) is 17.7 Å². The van der Waals surface area contributed by atoms with Crippen LogP contribution >= 0.6 is 0 Å². The number of fused-ring (bicyclic) bond motifs is 1. The summed E-state index contributed by atoms with van der Waals surface area (Å²) in [6.45, 7) is 3.86. The van der Waals surface area contributed by atoms with Gasteiger partial charge >= 0.3 is 0 Å². The summed E-state index contributed by atoms with van der Waals surface area (Å²) in [7, 11) is -3.82. The lowest BCUT2D eigenvalue weighted by Crippen LogP contribution is -2.15. The van der Waals surface area contributed by atoms with E-state index < -0.39 is 10.0 Å². The third-order valence-corrected chi connectivity index (χ3v) is 4.77. The number of anilines is 1. The van der Waals surface area contributed by atoms with Gasteiger partial charge in [0, 0.05) is 16.6 Å². The second kappa shape index (κ2) is 5.77. The predicted molar refractivity (Wildman–Crippen MR) is 93.5 cm³/mol. The van der Waals surface area contributed by atoms with E-state index in [-0.39, 0.29) is 10.8 Å². The molecule has 0 radical (unpaired) electrons. The summed E-state index contributed by atoms with van der Waals surface area (Å²) in [5.41, 5.74) is 3.63. The summed E-state index contributed by atoms with van der Waals surface area (Å²) in [5, 5.41) is 8.79. The number of benzene rings is 2. The number of aromatic nitrogens is 1. The van der Waals surface area contributed by atoms with Crippen molar-refractivity contribution in [3.8, 4) is 0 Å². The zero-order chi connectivity index (χ0) is 17.5. The molecule has 0 aliphatic rings. The molecule has 124 valence electrons. The number of sulfonamides is 1. The maximum atomic E-state index is 12.5. The Morgan fingerprint density at radius 3 is 2.58 bits per heavy atom. The van der Waals surface area contributed by atoms with Crippen LogP contribution in [0.5, 0.6) is 0 Å². The molecule has 0 unspecified atom stereocenters. The Morgan fingerprint density at radius 1 is 1.12 bits per heavy atom. The van der Waals surface area contributed by atoms with Gasteiger partial charge in [0.05, 0.1) is 4.90 Å². The first kappa shape index (κ1) is 16.2. The topological polar surface area (TPSA) is 105 Å². The summed E-state index contributed by atoms with van der Waals surface area (Å²) in [4.78, 5) is 15.6. The van der Waals surface area contributed by atoms with Crippen LogP contribution in [0.2, 0.25) is 0 Å². The Balaban J connectivity index is 1.95. The number of primary sulfonamides is 1. The molecule has 1 heterocycles. The van der Waals surface area contributed by atoms with E-state index in [1.54, 1.807) is 6.07 Å². The molecule has 3 aromatic rings. The van der Waals surface area contributed by atoms with E-state index >= 15 is 0 Å². The van der Waals surface area contributed by atoms with Crippen LogP contribution in [0.1, 0.15) is 21.6 Å². The van der Waals surface area contributed by atoms with Gasteiger partial charge in [0.2, 0.25) is 10.0 Å². The van der Waals surface area contributed by atoms with Gasteiger partial charge in [-0.2, -0.15) is 0 Å². The first-order valence-corrected chi connectivity index (χ1v) is 8.83. The normalized spacial score (nSPS) is 11.6. The van der Waals surface area contributed by atoms with Crippen molar-refractivity contribution in [3.63, 3.8) is 0 Å². The van der Waals surface area contributed by atoms with Crippen LogP contribution < -0.4 is 10.5 Å². The van der Waals surface area contributed by atoms with Crippen molar-refractivity contribution in [2.24, 2.45) is 5.14 Å². The highest BCUT2D eigenvalue weighted by Crippen LogP contribution is 2.24. The number of aromatic amines is 1. The summed E-state index contributed by atoms with van der Waals surface area (Å²) in [5.74, 6) is -0.340. The van der Waals surface area contributed by atoms with Gasteiger partial charge in [-0.05, 0) is 49.7 Å². The van der Waals surface area contributed by atoms with Gasteiger partial charge in [-0.25, -0.2) is 13.6 Å². The Bertz CT molecular complexity index is 1050. The first-order chi connectivity index (χ1) is 11.3. The monoisotopic (exact) mass is 343 g/mol. The number of nitrogens with one attached hydrogen (secondary N) is 2.